The number of carboxylic acids is 1. The van der Waals surface area contributed by atoms with Crippen LogP contribution in [0.4, 0.5) is 0 Å². The van der Waals surface area contributed by atoms with Crippen molar-refractivity contribution in [3.05, 3.63) is 71.3 Å². The van der Waals surface area contributed by atoms with E-state index in [-0.39, 0.29) is 24.3 Å². The van der Waals surface area contributed by atoms with E-state index in [2.05, 4.69) is 0 Å². The van der Waals surface area contributed by atoms with Crippen LogP contribution in [0.2, 0.25) is 0 Å². The number of methoxy groups -OCH3 is 1. The molecule has 1 heterocycles. The van der Waals surface area contributed by atoms with E-state index in [4.69, 9.17) is 9.84 Å². The van der Waals surface area contributed by atoms with E-state index in [1.54, 1.807) is 54.6 Å². The van der Waals surface area contributed by atoms with E-state index >= 15 is 0 Å². The molecule has 162 valence electrons. The minimum atomic E-state index is -0.861. The first kappa shape index (κ1) is 22.1. The van der Waals surface area contributed by atoms with Crippen molar-refractivity contribution in [1.29, 1.82) is 0 Å². The molecule has 1 aliphatic heterocycles. The fourth-order valence-corrected chi connectivity index (χ4v) is 3.76. The van der Waals surface area contributed by atoms with Crippen molar-refractivity contribution in [3.63, 3.8) is 0 Å². The van der Waals surface area contributed by atoms with Gasteiger partial charge in [-0.3, -0.25) is 14.4 Å². The lowest BCUT2D eigenvalue weighted by atomic mass is 9.95. The molecule has 2 aromatic rings. The molecule has 0 radical (unpaired) electrons. The second-order valence-electron chi connectivity index (χ2n) is 7.34. The highest BCUT2D eigenvalue weighted by molar-refractivity contribution is 6.46. The fourth-order valence-electron chi connectivity index (χ4n) is 3.76. The number of carbonyl (C=O) groups excluding carboxylic acids is 2. The fraction of sp³-hybridized carbons (Fsp3) is 0.292. The summed E-state index contributed by atoms with van der Waals surface area (Å²) in [6.45, 7) is 0.275. The van der Waals surface area contributed by atoms with Gasteiger partial charge in [0.1, 0.15) is 11.5 Å². The van der Waals surface area contributed by atoms with E-state index in [9.17, 15) is 19.5 Å². The highest BCUT2D eigenvalue weighted by Gasteiger charge is 2.45. The Labute approximate surface area is 180 Å². The molecule has 2 aromatic carbocycles. The number of carbonyl (C=O) groups is 3. The highest BCUT2D eigenvalue weighted by atomic mass is 16.5. The first-order valence-electron chi connectivity index (χ1n) is 10.1. The number of carboxylic acid groups (broad SMARTS) is 1. The molecule has 0 aromatic heterocycles. The Kier molecular flexibility index (Phi) is 7.07. The third-order valence-corrected chi connectivity index (χ3v) is 5.29. The van der Waals surface area contributed by atoms with Crippen LogP contribution in [0.5, 0.6) is 5.75 Å². The number of unbranched alkanes of at least 4 members (excludes halogenated alkanes) is 2. The second kappa shape index (κ2) is 9.93. The molecule has 1 unspecified atom stereocenters. The summed E-state index contributed by atoms with van der Waals surface area (Å²) in [4.78, 5) is 38.0. The summed E-state index contributed by atoms with van der Waals surface area (Å²) in [6, 6.07) is 14.9. The molecule has 0 spiro atoms. The smallest absolute Gasteiger partial charge is 0.303 e. The van der Waals surface area contributed by atoms with E-state index < -0.39 is 23.7 Å². The zero-order chi connectivity index (χ0) is 22.4. The SMILES string of the molecule is COc1cccc(C2/C(=C(\O)c3ccccc3)C(=O)C(=O)N2CCCCCC(=O)O)c1. The standard InChI is InChI=1S/C24H25NO6/c1-31-18-12-8-11-17(15-18)21-20(22(28)16-9-4-2-5-10-16)23(29)24(30)25(21)14-7-3-6-13-19(26)27/h2,4-5,8-12,15,21,28H,3,6-7,13-14H2,1H3,(H,26,27)/b22-20+. The predicted octanol–water partition coefficient (Wildman–Crippen LogP) is 3.76. The summed E-state index contributed by atoms with van der Waals surface area (Å²) in [6.07, 6.45) is 1.71. The van der Waals surface area contributed by atoms with Gasteiger partial charge >= 0.3 is 5.97 Å². The molecule has 2 N–H and O–H groups in total. The van der Waals surface area contributed by atoms with E-state index in [0.717, 1.165) is 0 Å². The number of Topliss-reactive ketones (excluding diaryl/α,β-unsaturated/α-hetero) is 1. The molecule has 0 bridgehead atoms. The molecule has 7 heteroatoms. The predicted molar refractivity (Wildman–Crippen MR) is 115 cm³/mol. The molecule has 31 heavy (non-hydrogen) atoms. The Morgan fingerprint density at radius 2 is 1.74 bits per heavy atom. The van der Waals surface area contributed by atoms with Gasteiger partial charge in [0.05, 0.1) is 18.7 Å². The third-order valence-electron chi connectivity index (χ3n) is 5.29. The maximum absolute atomic E-state index is 12.9. The average Bonchev–Trinajstić information content (AvgIpc) is 3.03. The van der Waals surface area contributed by atoms with Crippen LogP contribution < -0.4 is 4.74 Å². The number of benzene rings is 2. The molecule has 1 saturated heterocycles. The lowest BCUT2D eigenvalue weighted by Gasteiger charge is -2.25. The van der Waals surface area contributed by atoms with Gasteiger partial charge in [-0.25, -0.2) is 0 Å². The summed E-state index contributed by atoms with van der Waals surface area (Å²) in [7, 11) is 1.53. The number of rotatable bonds is 9. The number of hydrogen-bond acceptors (Lipinski definition) is 5. The molecule has 1 aliphatic rings. The van der Waals surface area contributed by atoms with Crippen LogP contribution in [-0.2, 0) is 14.4 Å². The maximum atomic E-state index is 12.9. The Bertz CT molecular complexity index is 998. The van der Waals surface area contributed by atoms with Crippen molar-refractivity contribution < 1.29 is 29.3 Å². The number of ether oxygens (including phenoxy) is 1. The van der Waals surface area contributed by atoms with Gasteiger partial charge in [0.25, 0.3) is 11.7 Å². The largest absolute Gasteiger partial charge is 0.507 e. The van der Waals surface area contributed by atoms with Gasteiger partial charge in [-0.2, -0.15) is 0 Å². The van der Waals surface area contributed by atoms with E-state index in [0.29, 0.717) is 36.1 Å². The summed E-state index contributed by atoms with van der Waals surface area (Å²) in [5.74, 6) is -1.92. The number of hydrogen-bond donors (Lipinski definition) is 2. The molecule has 3 rings (SSSR count). The first-order valence-corrected chi connectivity index (χ1v) is 10.1. The molecule has 0 aliphatic carbocycles. The van der Waals surface area contributed by atoms with Crippen molar-refractivity contribution in [2.24, 2.45) is 0 Å². The molecule has 0 saturated carbocycles. The normalized spacial score (nSPS) is 17.7. The number of amides is 1. The van der Waals surface area contributed by atoms with Gasteiger partial charge in [-0.05, 0) is 30.5 Å². The molecule has 1 atom stereocenters. The van der Waals surface area contributed by atoms with Crippen LogP contribution in [0.25, 0.3) is 5.76 Å². The van der Waals surface area contributed by atoms with Crippen molar-refractivity contribution in [1.82, 2.24) is 4.90 Å². The molecule has 7 nitrogen and oxygen atoms in total. The summed E-state index contributed by atoms with van der Waals surface area (Å²) in [5, 5.41) is 19.7. The molecular weight excluding hydrogens is 398 g/mol. The van der Waals surface area contributed by atoms with Gasteiger partial charge in [0, 0.05) is 18.5 Å². The first-order chi connectivity index (χ1) is 14.9. The summed E-state index contributed by atoms with van der Waals surface area (Å²) in [5.41, 5.74) is 1.14. The van der Waals surface area contributed by atoms with E-state index in [1.807, 2.05) is 0 Å². The third kappa shape index (κ3) is 4.94. The van der Waals surface area contributed by atoms with Crippen LogP contribution in [0.1, 0.15) is 42.9 Å². The van der Waals surface area contributed by atoms with Crippen molar-refractivity contribution in [3.8, 4) is 5.75 Å². The molecule has 1 amide bonds. The van der Waals surface area contributed by atoms with E-state index in [1.165, 1.54) is 12.0 Å². The second-order valence-corrected chi connectivity index (χ2v) is 7.34. The Morgan fingerprint density at radius 3 is 2.42 bits per heavy atom. The number of aliphatic hydroxyl groups excluding tert-OH is 1. The van der Waals surface area contributed by atoms with Gasteiger partial charge in [-0.1, -0.05) is 48.9 Å². The van der Waals surface area contributed by atoms with Gasteiger partial charge < -0.3 is 19.8 Å². The van der Waals surface area contributed by atoms with Crippen molar-refractivity contribution in [2.45, 2.75) is 31.7 Å². The number of aliphatic hydroxyl groups is 1. The van der Waals surface area contributed by atoms with Crippen molar-refractivity contribution in [2.75, 3.05) is 13.7 Å². The number of likely N-dealkylation sites (tertiary alicyclic amines) is 1. The van der Waals surface area contributed by atoms with Crippen LogP contribution in [0.3, 0.4) is 0 Å². The Morgan fingerprint density at radius 1 is 1.00 bits per heavy atom. The van der Waals surface area contributed by atoms with Gasteiger partial charge in [-0.15, -0.1) is 0 Å². The minimum Gasteiger partial charge on any atom is -0.507 e. The lowest BCUT2D eigenvalue weighted by Crippen LogP contribution is -2.30. The zero-order valence-corrected chi connectivity index (χ0v) is 17.3. The minimum absolute atomic E-state index is 0.0370. The lowest BCUT2D eigenvalue weighted by molar-refractivity contribution is -0.140. The van der Waals surface area contributed by atoms with Gasteiger partial charge in [0.2, 0.25) is 0 Å². The van der Waals surface area contributed by atoms with Crippen LogP contribution in [0.15, 0.2) is 60.2 Å². The molecular formula is C24H25NO6. The summed E-state index contributed by atoms with van der Waals surface area (Å²) < 4.78 is 5.30. The Hall–Kier alpha value is -3.61. The summed E-state index contributed by atoms with van der Waals surface area (Å²) >= 11 is 0. The quantitative estimate of drug-likeness (QED) is 0.275. The number of ketones is 1. The van der Waals surface area contributed by atoms with Crippen LogP contribution in [-0.4, -0.2) is 46.4 Å². The monoisotopic (exact) mass is 423 g/mol. The van der Waals surface area contributed by atoms with Crippen LogP contribution >= 0.6 is 0 Å². The van der Waals surface area contributed by atoms with Crippen LogP contribution in [0, 0.1) is 0 Å². The Balaban J connectivity index is 1.98. The molecule has 1 fully saturated rings. The zero-order valence-electron chi connectivity index (χ0n) is 17.3. The highest BCUT2D eigenvalue weighted by Crippen LogP contribution is 2.40. The number of aliphatic carboxylic acids is 1. The topological polar surface area (TPSA) is 104 Å². The van der Waals surface area contributed by atoms with Gasteiger partial charge in [0.15, 0.2) is 0 Å². The average molecular weight is 423 g/mol. The maximum Gasteiger partial charge on any atom is 0.303 e. The number of nitrogens with zero attached hydrogens (tertiary/aromatic N) is 1. The van der Waals surface area contributed by atoms with Crippen molar-refractivity contribution >= 4 is 23.4 Å².